The molecule has 184 valence electrons. The third kappa shape index (κ3) is 5.55. The molecule has 35 heavy (non-hydrogen) atoms. The number of anilines is 1. The second-order valence-corrected chi connectivity index (χ2v) is 9.67. The molecule has 2 aromatic heterocycles. The Bertz CT molecular complexity index is 1250. The first kappa shape index (κ1) is 24.5. The predicted molar refractivity (Wildman–Crippen MR) is 129 cm³/mol. The molecule has 1 amide bonds. The Morgan fingerprint density at radius 3 is 2.60 bits per heavy atom. The highest BCUT2D eigenvalue weighted by molar-refractivity contribution is 5.74. The van der Waals surface area contributed by atoms with Crippen molar-refractivity contribution in [2.75, 3.05) is 11.4 Å². The third-order valence-corrected chi connectivity index (χ3v) is 5.84. The van der Waals surface area contributed by atoms with Gasteiger partial charge in [-0.05, 0) is 57.9 Å². The second-order valence-electron chi connectivity index (χ2n) is 9.67. The largest absolute Gasteiger partial charge is 0.481 e. The minimum absolute atomic E-state index is 0.0170. The predicted octanol–water partition coefficient (Wildman–Crippen LogP) is 4.21. The van der Waals surface area contributed by atoms with Gasteiger partial charge >= 0.3 is 0 Å². The monoisotopic (exact) mass is 481 g/mol. The van der Waals surface area contributed by atoms with Crippen molar-refractivity contribution in [1.82, 2.24) is 15.0 Å². The minimum Gasteiger partial charge on any atom is -0.481 e. The summed E-state index contributed by atoms with van der Waals surface area (Å²) in [6, 6.07) is 6.72. The molecule has 0 radical (unpaired) electrons. The lowest BCUT2D eigenvalue weighted by molar-refractivity contribution is -0.117. The average Bonchev–Trinajstić information content (AvgIpc) is 2.79. The third-order valence-electron chi connectivity index (χ3n) is 5.84. The zero-order valence-corrected chi connectivity index (χ0v) is 20.3. The molecule has 0 spiro atoms. The van der Waals surface area contributed by atoms with Gasteiger partial charge < -0.3 is 15.4 Å². The van der Waals surface area contributed by atoms with E-state index >= 15 is 4.39 Å². The maximum Gasteiger partial charge on any atom is 0.217 e. The molecule has 1 aliphatic heterocycles. The number of carbonyl (C=O) groups excluding carboxylic acids is 1. The van der Waals surface area contributed by atoms with E-state index in [0.717, 1.165) is 11.8 Å². The van der Waals surface area contributed by atoms with Gasteiger partial charge in [-0.25, -0.2) is 18.7 Å². The fourth-order valence-corrected chi connectivity index (χ4v) is 4.12. The number of fused-ring (bicyclic) bond motifs is 1. The molecule has 0 atom stereocenters. The summed E-state index contributed by atoms with van der Waals surface area (Å²) >= 11 is 0. The van der Waals surface area contributed by atoms with Crippen LogP contribution in [0.25, 0.3) is 11.3 Å². The van der Waals surface area contributed by atoms with E-state index in [1.165, 1.54) is 6.07 Å². The van der Waals surface area contributed by atoms with Crippen LogP contribution in [0, 0.1) is 11.6 Å². The van der Waals surface area contributed by atoms with E-state index in [0.29, 0.717) is 35.7 Å². The van der Waals surface area contributed by atoms with Crippen molar-refractivity contribution in [2.24, 2.45) is 5.73 Å². The zero-order chi connectivity index (χ0) is 25.3. The molecule has 3 aromatic rings. The van der Waals surface area contributed by atoms with E-state index < -0.39 is 17.2 Å². The number of rotatable bonds is 7. The molecular formula is C26H29F2N5O2. The molecule has 0 fully saturated rings. The number of carbonyl (C=O) groups is 1. The molecule has 0 saturated heterocycles. The number of nitrogens with zero attached hydrogens (tertiary/aromatic N) is 4. The molecule has 0 unspecified atom stereocenters. The highest BCUT2D eigenvalue weighted by atomic mass is 19.1. The van der Waals surface area contributed by atoms with Crippen molar-refractivity contribution < 1.29 is 18.3 Å². The number of hydrogen-bond donors (Lipinski definition) is 1. The van der Waals surface area contributed by atoms with Gasteiger partial charge in [-0.1, -0.05) is 6.07 Å². The van der Waals surface area contributed by atoms with Crippen LogP contribution in [0.3, 0.4) is 0 Å². The fraction of sp³-hybridized carbons (Fsp3) is 0.385. The maximum absolute atomic E-state index is 15.2. The molecule has 0 saturated carbocycles. The number of primary amides is 1. The summed E-state index contributed by atoms with van der Waals surface area (Å²) in [4.78, 5) is 25.9. The van der Waals surface area contributed by atoms with Crippen LogP contribution < -0.4 is 15.4 Å². The summed E-state index contributed by atoms with van der Waals surface area (Å²) in [6.45, 7) is 8.43. The summed E-state index contributed by atoms with van der Waals surface area (Å²) in [5.74, 6) is -1.06. The number of ether oxygens (including phenoxy) is 1. The minimum atomic E-state index is -0.643. The number of benzene rings is 1. The van der Waals surface area contributed by atoms with E-state index in [1.54, 1.807) is 18.3 Å². The number of amides is 1. The van der Waals surface area contributed by atoms with Crippen molar-refractivity contribution in [3.05, 3.63) is 65.4 Å². The first-order chi connectivity index (χ1) is 16.5. The van der Waals surface area contributed by atoms with Crippen molar-refractivity contribution >= 4 is 11.6 Å². The van der Waals surface area contributed by atoms with Gasteiger partial charge in [0.2, 0.25) is 5.91 Å². The summed E-state index contributed by atoms with van der Waals surface area (Å²) in [5.41, 5.74) is 7.10. The Morgan fingerprint density at radius 1 is 1.17 bits per heavy atom. The number of hydrogen-bond acceptors (Lipinski definition) is 6. The standard InChI is InChI=1S/C26H29F2N5O2/c1-15(2)33-14-26(3,4)35-25-19(27)9-17(10-21(25)33)24-20(28)13-31-23(32-24)11-18-7-5-16(12-30-18)6-8-22(29)34/h5,7,9-10,12-13,15H,6,8,11,14H2,1-4H3,(H2,29,34). The van der Waals surface area contributed by atoms with Crippen LogP contribution in [-0.2, 0) is 17.6 Å². The van der Waals surface area contributed by atoms with Crippen molar-refractivity contribution in [3.8, 4) is 17.0 Å². The summed E-state index contributed by atoms with van der Waals surface area (Å²) in [6.07, 6.45) is 3.80. The van der Waals surface area contributed by atoms with E-state index in [-0.39, 0.29) is 36.2 Å². The molecule has 1 aromatic carbocycles. The molecule has 7 nitrogen and oxygen atoms in total. The number of nitrogens with two attached hydrogens (primary N) is 1. The van der Waals surface area contributed by atoms with Crippen LogP contribution >= 0.6 is 0 Å². The summed E-state index contributed by atoms with van der Waals surface area (Å²) in [7, 11) is 0. The lowest BCUT2D eigenvalue weighted by atomic mass is 10.0. The van der Waals surface area contributed by atoms with E-state index in [4.69, 9.17) is 10.5 Å². The van der Waals surface area contributed by atoms with Gasteiger partial charge in [-0.3, -0.25) is 9.78 Å². The van der Waals surface area contributed by atoms with Gasteiger partial charge in [0, 0.05) is 29.9 Å². The SMILES string of the molecule is CC(C)N1CC(C)(C)Oc2c(F)cc(-c3nc(Cc4ccc(CCC(N)=O)cn4)ncc3F)cc21. The van der Waals surface area contributed by atoms with Crippen LogP contribution in [0.1, 0.15) is 51.2 Å². The van der Waals surface area contributed by atoms with Crippen LogP contribution in [0.2, 0.25) is 0 Å². The summed E-state index contributed by atoms with van der Waals surface area (Å²) in [5, 5.41) is 0. The Morgan fingerprint density at radius 2 is 1.94 bits per heavy atom. The lowest BCUT2D eigenvalue weighted by Crippen LogP contribution is -2.49. The number of halogens is 2. The lowest BCUT2D eigenvalue weighted by Gasteiger charge is -2.43. The van der Waals surface area contributed by atoms with Gasteiger partial charge in [0.15, 0.2) is 17.4 Å². The zero-order valence-electron chi connectivity index (χ0n) is 20.3. The van der Waals surface area contributed by atoms with Gasteiger partial charge in [0.25, 0.3) is 0 Å². The quantitative estimate of drug-likeness (QED) is 0.543. The van der Waals surface area contributed by atoms with Crippen molar-refractivity contribution in [1.29, 1.82) is 0 Å². The smallest absolute Gasteiger partial charge is 0.217 e. The first-order valence-corrected chi connectivity index (χ1v) is 11.6. The summed E-state index contributed by atoms with van der Waals surface area (Å²) < 4.78 is 35.9. The van der Waals surface area contributed by atoms with E-state index in [2.05, 4.69) is 19.9 Å². The Labute approximate surface area is 203 Å². The molecular weight excluding hydrogens is 452 g/mol. The number of aryl methyl sites for hydroxylation is 1. The first-order valence-electron chi connectivity index (χ1n) is 11.6. The highest BCUT2D eigenvalue weighted by Gasteiger charge is 2.35. The van der Waals surface area contributed by atoms with Crippen LogP contribution in [0.15, 0.2) is 36.7 Å². The molecule has 1 aliphatic rings. The van der Waals surface area contributed by atoms with E-state index in [1.807, 2.05) is 33.8 Å². The molecule has 2 N–H and O–H groups in total. The molecule has 3 heterocycles. The normalized spacial score (nSPS) is 14.5. The Hall–Kier alpha value is -3.62. The van der Waals surface area contributed by atoms with Gasteiger partial charge in [-0.2, -0.15) is 0 Å². The van der Waals surface area contributed by atoms with Crippen molar-refractivity contribution in [2.45, 2.75) is 58.6 Å². The van der Waals surface area contributed by atoms with Crippen LogP contribution in [0.4, 0.5) is 14.5 Å². The van der Waals surface area contributed by atoms with Gasteiger partial charge in [-0.15, -0.1) is 0 Å². The highest BCUT2D eigenvalue weighted by Crippen LogP contribution is 2.42. The fourth-order valence-electron chi connectivity index (χ4n) is 4.12. The molecule has 0 aliphatic carbocycles. The second kappa shape index (κ2) is 9.56. The van der Waals surface area contributed by atoms with Gasteiger partial charge in [0.1, 0.15) is 17.1 Å². The Kier molecular flexibility index (Phi) is 6.69. The topological polar surface area (TPSA) is 94.2 Å². The van der Waals surface area contributed by atoms with Crippen molar-refractivity contribution in [3.63, 3.8) is 0 Å². The maximum atomic E-state index is 15.2. The molecule has 0 bridgehead atoms. The molecule has 4 rings (SSSR count). The van der Waals surface area contributed by atoms with Crippen LogP contribution in [-0.4, -0.2) is 39.0 Å². The van der Waals surface area contributed by atoms with E-state index in [9.17, 15) is 9.18 Å². The number of aromatic nitrogens is 3. The van der Waals surface area contributed by atoms with Gasteiger partial charge in [0.05, 0.1) is 24.8 Å². The Balaban J connectivity index is 1.64. The average molecular weight is 482 g/mol. The van der Waals surface area contributed by atoms with Crippen LogP contribution in [0.5, 0.6) is 5.75 Å². The number of pyridine rings is 1. The molecule has 9 heteroatoms.